The minimum atomic E-state index is -2.28. The van der Waals surface area contributed by atoms with Gasteiger partial charge in [-0.3, -0.25) is 0 Å². The van der Waals surface area contributed by atoms with Crippen molar-refractivity contribution < 1.29 is 0 Å². The quantitative estimate of drug-likeness (QED) is 0.241. The molecule has 0 amide bonds. The Balaban J connectivity index is 0.00000144. The number of halogens is 2. The molecule has 0 aliphatic rings. The summed E-state index contributed by atoms with van der Waals surface area (Å²) in [6.45, 7) is 0. The molecule has 0 saturated heterocycles. The minimum absolute atomic E-state index is 0. The van der Waals surface area contributed by atoms with Crippen LogP contribution in [0.15, 0.2) is 133 Å². The fraction of sp³-hybridized carbons (Fsp3) is 0.0345. The van der Waals surface area contributed by atoms with Crippen LogP contribution in [0.5, 0.6) is 0 Å². The molecule has 0 atom stereocenters. The van der Waals surface area contributed by atoms with Gasteiger partial charge >= 0.3 is 179 Å². The monoisotopic (exact) mass is 476 g/mol. The molecule has 0 bridgehead atoms. The third-order valence-electron chi connectivity index (χ3n) is 6.14. The van der Waals surface area contributed by atoms with Crippen molar-refractivity contribution in [2.24, 2.45) is 0 Å². The van der Waals surface area contributed by atoms with Gasteiger partial charge in [0.25, 0.3) is 0 Å². The Hall–Kier alpha value is -2.63. The Bertz CT molecular complexity index is 1150. The molecule has 0 aliphatic heterocycles. The van der Waals surface area contributed by atoms with Crippen molar-refractivity contribution in [2.45, 2.75) is 6.16 Å². The fourth-order valence-electron chi connectivity index (χ4n) is 4.71. The average molecular weight is 477 g/mol. The van der Waals surface area contributed by atoms with Crippen LogP contribution in [-0.2, 0) is 6.16 Å². The molecule has 0 fully saturated rings. The van der Waals surface area contributed by atoms with Crippen LogP contribution >= 0.6 is 32.1 Å². The Kier molecular flexibility index (Phi) is 8.10. The number of hydrogen-bond donors (Lipinski definition) is 0. The maximum absolute atomic E-state index is 2.33. The number of hydrogen-bond acceptors (Lipinski definition) is 0. The van der Waals surface area contributed by atoms with Crippen molar-refractivity contribution in [1.29, 1.82) is 0 Å². The second-order valence-corrected chi connectivity index (χ2v) is 11.7. The molecule has 0 aliphatic carbocycles. The molecule has 5 aromatic rings. The summed E-state index contributed by atoms with van der Waals surface area (Å²) in [5.41, 5.74) is 1.43. The first kappa shape index (κ1) is 24.0. The number of benzene rings is 5. The number of rotatable bonds is 5. The van der Waals surface area contributed by atoms with Crippen LogP contribution in [0.2, 0.25) is 0 Å². The van der Waals surface area contributed by atoms with Crippen molar-refractivity contribution in [2.75, 3.05) is 0 Å². The van der Waals surface area contributed by atoms with E-state index in [1.807, 2.05) is 0 Å². The van der Waals surface area contributed by atoms with Gasteiger partial charge in [-0.25, -0.2) is 0 Å². The summed E-state index contributed by atoms with van der Waals surface area (Å²) in [4.78, 5) is 0. The van der Waals surface area contributed by atoms with Crippen molar-refractivity contribution in [3.63, 3.8) is 0 Å². The second kappa shape index (κ2) is 10.8. The van der Waals surface area contributed by atoms with Crippen LogP contribution in [0, 0.1) is 0 Å². The predicted molar refractivity (Wildman–Crippen MR) is 149 cm³/mol. The Morgan fingerprint density at radius 1 is 0.406 bits per heavy atom. The van der Waals surface area contributed by atoms with Crippen LogP contribution in [0.1, 0.15) is 5.56 Å². The van der Waals surface area contributed by atoms with Gasteiger partial charge in [-0.1, -0.05) is 0 Å². The second-order valence-electron chi connectivity index (χ2n) is 7.82. The molecule has 5 rings (SSSR count). The van der Waals surface area contributed by atoms with Crippen LogP contribution in [-0.4, -0.2) is 0 Å². The molecule has 0 saturated carbocycles. The van der Waals surface area contributed by atoms with E-state index in [1.165, 1.54) is 32.2 Å². The fourth-order valence-corrected chi connectivity index (χ4v) is 9.48. The Morgan fingerprint density at radius 2 is 0.812 bits per heavy atom. The van der Waals surface area contributed by atoms with E-state index < -0.39 is 7.26 Å². The SMILES string of the molecule is Cl.Cl.c1ccc([PH](Cc2cccc3ccccc23)(c2ccccc2)c2ccccc2)cc1. The van der Waals surface area contributed by atoms with Crippen LogP contribution in [0.25, 0.3) is 10.8 Å². The molecule has 0 nitrogen and oxygen atoms in total. The van der Waals surface area contributed by atoms with E-state index in [4.69, 9.17) is 0 Å². The Morgan fingerprint density at radius 3 is 1.31 bits per heavy atom. The van der Waals surface area contributed by atoms with Gasteiger partial charge in [0.15, 0.2) is 0 Å². The summed E-state index contributed by atoms with van der Waals surface area (Å²) in [7, 11) is -2.28. The van der Waals surface area contributed by atoms with Crippen molar-refractivity contribution in [3.05, 3.63) is 139 Å². The van der Waals surface area contributed by atoms with E-state index in [1.54, 1.807) is 0 Å². The van der Waals surface area contributed by atoms with Crippen molar-refractivity contribution in [1.82, 2.24) is 0 Å². The van der Waals surface area contributed by atoms with Crippen LogP contribution in [0.4, 0.5) is 0 Å². The van der Waals surface area contributed by atoms with Gasteiger partial charge in [0.1, 0.15) is 0 Å². The van der Waals surface area contributed by atoms with Gasteiger partial charge in [0.2, 0.25) is 0 Å². The van der Waals surface area contributed by atoms with E-state index >= 15 is 0 Å². The summed E-state index contributed by atoms with van der Waals surface area (Å²) >= 11 is 0. The predicted octanol–water partition coefficient (Wildman–Crippen LogP) is 6.91. The zero-order valence-electron chi connectivity index (χ0n) is 17.7. The van der Waals surface area contributed by atoms with E-state index in [0.717, 1.165) is 6.16 Å². The van der Waals surface area contributed by atoms with Gasteiger partial charge in [-0.2, -0.15) is 0 Å². The molecule has 0 N–H and O–H groups in total. The maximum atomic E-state index is 2.33. The van der Waals surface area contributed by atoms with Gasteiger partial charge in [-0.05, 0) is 0 Å². The topological polar surface area (TPSA) is 0 Å². The third-order valence-corrected chi connectivity index (χ3v) is 11.0. The van der Waals surface area contributed by atoms with Crippen LogP contribution in [0.3, 0.4) is 0 Å². The van der Waals surface area contributed by atoms with Crippen molar-refractivity contribution >= 4 is 58.8 Å². The summed E-state index contributed by atoms with van der Waals surface area (Å²) in [5, 5.41) is 7.03. The first-order valence-corrected chi connectivity index (χ1v) is 12.7. The molecule has 0 heterocycles. The van der Waals surface area contributed by atoms with E-state index in [-0.39, 0.29) is 24.8 Å². The summed E-state index contributed by atoms with van der Waals surface area (Å²) in [6, 6.07) is 49.0. The standard InChI is InChI=1S/C29H25P.2ClH/c1-4-16-26(17-5-1)30(27-18-6-2-7-19-27,28-20-8-3-9-21-28)23-25-15-12-14-24-13-10-11-22-29(24)25;;/h1-22,30H,23H2;2*1H. The molecular formula is C29H27Cl2P. The summed E-state index contributed by atoms with van der Waals surface area (Å²) in [6.07, 6.45) is 1.03. The van der Waals surface area contributed by atoms with Crippen molar-refractivity contribution in [3.8, 4) is 0 Å². The molecule has 5 aromatic carbocycles. The average Bonchev–Trinajstić information content (AvgIpc) is 2.84. The summed E-state index contributed by atoms with van der Waals surface area (Å²) < 4.78 is 0. The van der Waals surface area contributed by atoms with Gasteiger partial charge < -0.3 is 0 Å². The van der Waals surface area contributed by atoms with Gasteiger partial charge in [-0.15, -0.1) is 24.8 Å². The Labute approximate surface area is 203 Å². The molecule has 3 heteroatoms. The molecule has 0 aromatic heterocycles. The first-order valence-electron chi connectivity index (χ1n) is 10.5. The number of fused-ring (bicyclic) bond motifs is 1. The van der Waals surface area contributed by atoms with E-state index in [2.05, 4.69) is 133 Å². The third kappa shape index (κ3) is 4.45. The molecule has 0 radical (unpaired) electrons. The summed E-state index contributed by atoms with van der Waals surface area (Å²) in [5.74, 6) is 0. The van der Waals surface area contributed by atoms with E-state index in [9.17, 15) is 0 Å². The van der Waals surface area contributed by atoms with Gasteiger partial charge in [0.05, 0.1) is 0 Å². The zero-order chi connectivity index (χ0) is 20.2. The first-order chi connectivity index (χ1) is 14.9. The van der Waals surface area contributed by atoms with Gasteiger partial charge in [0, 0.05) is 0 Å². The molecule has 32 heavy (non-hydrogen) atoms. The molecule has 162 valence electrons. The molecule has 0 spiro atoms. The molecular weight excluding hydrogens is 450 g/mol. The molecule has 0 unspecified atom stereocenters. The van der Waals surface area contributed by atoms with Crippen LogP contribution < -0.4 is 15.9 Å². The zero-order valence-corrected chi connectivity index (χ0v) is 20.4. The van der Waals surface area contributed by atoms with E-state index in [0.29, 0.717) is 0 Å². The normalized spacial score (nSPS) is 11.2.